The number of benzene rings is 1. The van der Waals surface area contributed by atoms with Crippen molar-refractivity contribution in [2.75, 3.05) is 19.6 Å². The van der Waals surface area contributed by atoms with Gasteiger partial charge in [0.15, 0.2) is 5.96 Å². The molecule has 1 heterocycles. The van der Waals surface area contributed by atoms with Gasteiger partial charge in [0.1, 0.15) is 0 Å². The molecule has 3 N–H and O–H groups in total. The number of aliphatic imine (C=N–C) groups is 1. The van der Waals surface area contributed by atoms with Crippen LogP contribution in [-0.2, 0) is 16.6 Å². The maximum atomic E-state index is 12.2. The molecule has 9 heteroatoms. The Balaban J connectivity index is 1.84. The molecule has 0 aliphatic rings. The van der Waals surface area contributed by atoms with E-state index in [2.05, 4.69) is 20.3 Å². The summed E-state index contributed by atoms with van der Waals surface area (Å²) < 4.78 is 26.9. The second kappa shape index (κ2) is 9.76. The van der Waals surface area contributed by atoms with E-state index in [9.17, 15) is 8.42 Å². The minimum absolute atomic E-state index is 0.151. The van der Waals surface area contributed by atoms with E-state index in [-0.39, 0.29) is 11.4 Å². The Bertz CT molecular complexity index is 792. The number of nitrogens with one attached hydrogen (secondary N) is 3. The van der Waals surface area contributed by atoms with E-state index in [4.69, 9.17) is 11.6 Å². The van der Waals surface area contributed by atoms with E-state index in [1.165, 1.54) is 12.1 Å². The van der Waals surface area contributed by atoms with E-state index in [0.29, 0.717) is 24.1 Å². The van der Waals surface area contributed by atoms with Gasteiger partial charge in [-0.3, -0.25) is 0 Å². The van der Waals surface area contributed by atoms with Gasteiger partial charge in [0.05, 0.1) is 11.4 Å². The lowest BCUT2D eigenvalue weighted by atomic mass is 10.3. The SMILES string of the molecule is CCNC(=NCc1ccsc1)NCCNS(=O)(=O)c1cccc(Cl)c1. The van der Waals surface area contributed by atoms with E-state index in [1.54, 1.807) is 23.5 Å². The number of nitrogens with zero attached hydrogens (tertiary/aromatic N) is 1. The highest BCUT2D eigenvalue weighted by Crippen LogP contribution is 2.14. The van der Waals surface area contributed by atoms with Crippen molar-refractivity contribution in [3.8, 4) is 0 Å². The Morgan fingerprint density at radius 3 is 2.76 bits per heavy atom. The smallest absolute Gasteiger partial charge is 0.240 e. The van der Waals surface area contributed by atoms with Crippen molar-refractivity contribution in [3.05, 3.63) is 51.7 Å². The van der Waals surface area contributed by atoms with Crippen LogP contribution in [0.1, 0.15) is 12.5 Å². The van der Waals surface area contributed by atoms with Gasteiger partial charge >= 0.3 is 0 Å². The number of guanidine groups is 1. The highest BCUT2D eigenvalue weighted by molar-refractivity contribution is 7.89. The Kier molecular flexibility index (Phi) is 7.70. The number of sulfonamides is 1. The third-order valence-corrected chi connectivity index (χ3v) is 5.59. The quantitative estimate of drug-likeness (QED) is 0.361. The van der Waals surface area contributed by atoms with Crippen molar-refractivity contribution in [3.63, 3.8) is 0 Å². The van der Waals surface area contributed by atoms with Crippen LogP contribution >= 0.6 is 22.9 Å². The zero-order chi connectivity index (χ0) is 18.1. The van der Waals surface area contributed by atoms with E-state index >= 15 is 0 Å². The van der Waals surface area contributed by atoms with Gasteiger partial charge < -0.3 is 10.6 Å². The summed E-state index contributed by atoms with van der Waals surface area (Å²) in [7, 11) is -3.57. The lowest BCUT2D eigenvalue weighted by Gasteiger charge is -2.12. The van der Waals surface area contributed by atoms with E-state index < -0.39 is 10.0 Å². The average Bonchev–Trinajstić information content (AvgIpc) is 3.10. The molecule has 0 fully saturated rings. The highest BCUT2D eigenvalue weighted by atomic mass is 35.5. The first-order chi connectivity index (χ1) is 12.0. The fourth-order valence-corrected chi connectivity index (χ4v) is 3.97. The number of hydrogen-bond acceptors (Lipinski definition) is 4. The van der Waals surface area contributed by atoms with E-state index in [0.717, 1.165) is 12.1 Å². The lowest BCUT2D eigenvalue weighted by Crippen LogP contribution is -2.41. The van der Waals surface area contributed by atoms with Gasteiger partial charge in [0.25, 0.3) is 0 Å². The molecule has 25 heavy (non-hydrogen) atoms. The van der Waals surface area contributed by atoms with Crippen molar-refractivity contribution in [1.29, 1.82) is 0 Å². The van der Waals surface area contributed by atoms with Crippen LogP contribution in [-0.4, -0.2) is 34.0 Å². The summed E-state index contributed by atoms with van der Waals surface area (Å²) in [6.07, 6.45) is 0. The minimum atomic E-state index is -3.57. The molecule has 0 saturated heterocycles. The standard InChI is InChI=1S/C16H21ClN4O2S2/c1-2-18-16(20-11-13-6-9-24-12-13)19-7-8-21-25(22,23)15-5-3-4-14(17)10-15/h3-6,9-10,12,21H,2,7-8,11H2,1H3,(H2,18,19,20). The molecule has 0 aliphatic heterocycles. The number of thiophene rings is 1. The normalized spacial score (nSPS) is 12.2. The van der Waals surface area contributed by atoms with Gasteiger partial charge in [-0.05, 0) is 47.5 Å². The molecule has 0 bridgehead atoms. The van der Waals surface area contributed by atoms with Gasteiger partial charge in [0, 0.05) is 24.7 Å². The molecule has 0 radical (unpaired) electrons. The van der Waals surface area contributed by atoms with Gasteiger partial charge in [0.2, 0.25) is 10.0 Å². The molecule has 6 nitrogen and oxygen atoms in total. The maximum absolute atomic E-state index is 12.2. The third kappa shape index (κ3) is 6.66. The zero-order valence-corrected chi connectivity index (χ0v) is 16.2. The number of rotatable bonds is 8. The molecule has 1 aromatic carbocycles. The molecule has 0 spiro atoms. The maximum Gasteiger partial charge on any atom is 0.240 e. The summed E-state index contributed by atoms with van der Waals surface area (Å²) in [5, 5.41) is 10.7. The predicted molar refractivity (Wildman–Crippen MR) is 104 cm³/mol. The lowest BCUT2D eigenvalue weighted by molar-refractivity contribution is 0.580. The topological polar surface area (TPSA) is 82.6 Å². The fourth-order valence-electron chi connectivity index (χ4n) is 1.98. The molecule has 0 aliphatic carbocycles. The van der Waals surface area contributed by atoms with Gasteiger partial charge in [-0.1, -0.05) is 17.7 Å². The van der Waals surface area contributed by atoms with Crippen LogP contribution in [0.25, 0.3) is 0 Å². The van der Waals surface area contributed by atoms with Crippen molar-refractivity contribution in [1.82, 2.24) is 15.4 Å². The first-order valence-electron chi connectivity index (χ1n) is 7.80. The van der Waals surface area contributed by atoms with Crippen LogP contribution in [0.3, 0.4) is 0 Å². The number of hydrogen-bond donors (Lipinski definition) is 3. The van der Waals surface area contributed by atoms with Crippen LogP contribution in [0, 0.1) is 0 Å². The molecule has 2 aromatic rings. The second-order valence-electron chi connectivity index (χ2n) is 5.11. The zero-order valence-electron chi connectivity index (χ0n) is 13.8. The second-order valence-corrected chi connectivity index (χ2v) is 8.09. The summed E-state index contributed by atoms with van der Waals surface area (Å²) in [4.78, 5) is 4.62. The average molecular weight is 401 g/mol. The van der Waals surface area contributed by atoms with Crippen LogP contribution in [0.2, 0.25) is 5.02 Å². The first kappa shape index (κ1) is 19.7. The monoisotopic (exact) mass is 400 g/mol. The van der Waals surface area contributed by atoms with Gasteiger partial charge in [-0.25, -0.2) is 18.1 Å². The van der Waals surface area contributed by atoms with Gasteiger partial charge in [-0.15, -0.1) is 0 Å². The molecular formula is C16H21ClN4O2S2. The molecule has 136 valence electrons. The summed E-state index contributed by atoms with van der Waals surface area (Å²) in [5.41, 5.74) is 1.14. The summed E-state index contributed by atoms with van der Waals surface area (Å²) in [5.74, 6) is 0.649. The molecule has 2 rings (SSSR count). The summed E-state index contributed by atoms with van der Waals surface area (Å²) in [6, 6.07) is 8.19. The molecule has 0 amide bonds. The Labute approximate surface area is 157 Å². The van der Waals surface area contributed by atoms with Crippen LogP contribution in [0.15, 0.2) is 51.0 Å². The molecule has 1 aromatic heterocycles. The Morgan fingerprint density at radius 2 is 2.08 bits per heavy atom. The van der Waals surface area contributed by atoms with Gasteiger partial charge in [-0.2, -0.15) is 11.3 Å². The summed E-state index contributed by atoms with van der Waals surface area (Å²) >= 11 is 7.47. The minimum Gasteiger partial charge on any atom is -0.357 e. The fraction of sp³-hybridized carbons (Fsp3) is 0.312. The predicted octanol–water partition coefficient (Wildman–Crippen LogP) is 2.44. The Hall–Kier alpha value is -1.61. The largest absolute Gasteiger partial charge is 0.357 e. The summed E-state index contributed by atoms with van der Waals surface area (Å²) in [6.45, 7) is 3.92. The Morgan fingerprint density at radius 1 is 1.24 bits per heavy atom. The third-order valence-electron chi connectivity index (χ3n) is 3.16. The van der Waals surface area contributed by atoms with Crippen molar-refractivity contribution in [2.24, 2.45) is 4.99 Å². The molecule has 0 atom stereocenters. The van der Waals surface area contributed by atoms with Crippen LogP contribution in [0.5, 0.6) is 0 Å². The van der Waals surface area contributed by atoms with Crippen molar-refractivity contribution < 1.29 is 8.42 Å². The highest BCUT2D eigenvalue weighted by Gasteiger charge is 2.13. The van der Waals surface area contributed by atoms with E-state index in [1.807, 2.05) is 23.8 Å². The van der Waals surface area contributed by atoms with Crippen LogP contribution in [0.4, 0.5) is 0 Å². The molecule has 0 saturated carbocycles. The van der Waals surface area contributed by atoms with Crippen molar-refractivity contribution >= 4 is 38.9 Å². The van der Waals surface area contributed by atoms with Crippen LogP contribution < -0.4 is 15.4 Å². The molecular weight excluding hydrogens is 380 g/mol. The van der Waals surface area contributed by atoms with Crippen molar-refractivity contribution in [2.45, 2.75) is 18.4 Å². The number of halogens is 1. The first-order valence-corrected chi connectivity index (χ1v) is 10.6. The molecule has 0 unspecified atom stereocenters.